The fourth-order valence-electron chi connectivity index (χ4n) is 2.74. The molecule has 0 unspecified atom stereocenters. The average Bonchev–Trinajstić information content (AvgIpc) is 2.63. The van der Waals surface area contributed by atoms with Gasteiger partial charge in [0, 0.05) is 22.8 Å². The fourth-order valence-corrected chi connectivity index (χ4v) is 2.93. The number of carbonyl (C=O) groups is 1. The molecule has 108 valence electrons. The summed E-state index contributed by atoms with van der Waals surface area (Å²) in [6.07, 6.45) is 2.38. The molecule has 0 bridgehead atoms. The number of halogens is 1. The lowest BCUT2D eigenvalue weighted by atomic mass is 10.1. The van der Waals surface area contributed by atoms with E-state index >= 15 is 0 Å². The fraction of sp³-hybridized carbons (Fsp3) is 0.235. The highest BCUT2D eigenvalue weighted by molar-refractivity contribution is 6.30. The van der Waals surface area contributed by atoms with Crippen molar-refractivity contribution in [3.05, 3.63) is 58.6 Å². The first kappa shape index (κ1) is 14.0. The zero-order valence-corrected chi connectivity index (χ0v) is 12.4. The van der Waals surface area contributed by atoms with Crippen molar-refractivity contribution in [1.82, 2.24) is 0 Å². The Balaban J connectivity index is 2.00. The molecule has 0 spiro atoms. The lowest BCUT2D eigenvalue weighted by molar-refractivity contribution is -0.118. The number of benzene rings is 2. The van der Waals surface area contributed by atoms with E-state index in [1.165, 1.54) is 5.56 Å². The Kier molecular flexibility index (Phi) is 3.84. The molecule has 0 aromatic heterocycles. The molecule has 0 aliphatic carbocycles. The van der Waals surface area contributed by atoms with Crippen LogP contribution in [-0.4, -0.2) is 5.91 Å². The predicted octanol–water partition coefficient (Wildman–Crippen LogP) is 3.79. The number of anilines is 2. The van der Waals surface area contributed by atoms with Gasteiger partial charge in [0.05, 0.1) is 6.54 Å². The average molecular weight is 301 g/mol. The smallest absolute Gasteiger partial charge is 0.227 e. The minimum atomic E-state index is 0.138. The van der Waals surface area contributed by atoms with Crippen molar-refractivity contribution in [2.24, 2.45) is 0 Å². The van der Waals surface area contributed by atoms with E-state index in [9.17, 15) is 4.79 Å². The number of rotatable bonds is 2. The maximum atomic E-state index is 12.4. The number of para-hydroxylation sites is 1. The van der Waals surface area contributed by atoms with Crippen LogP contribution in [0.5, 0.6) is 0 Å². The van der Waals surface area contributed by atoms with Gasteiger partial charge in [-0.2, -0.15) is 0 Å². The third-order valence-corrected chi connectivity index (χ3v) is 4.09. The molecule has 3 rings (SSSR count). The molecule has 0 radical (unpaired) electrons. The van der Waals surface area contributed by atoms with Gasteiger partial charge in [0.1, 0.15) is 0 Å². The molecular formula is C17H17ClN2O. The Labute approximate surface area is 129 Å². The van der Waals surface area contributed by atoms with E-state index < -0.39 is 0 Å². The second kappa shape index (κ2) is 5.78. The second-order valence-corrected chi connectivity index (χ2v) is 5.74. The van der Waals surface area contributed by atoms with Gasteiger partial charge in [0.25, 0.3) is 0 Å². The molecule has 0 saturated heterocycles. The summed E-state index contributed by atoms with van der Waals surface area (Å²) in [4.78, 5) is 14.3. The Morgan fingerprint density at radius 2 is 1.95 bits per heavy atom. The number of hydrogen-bond acceptors (Lipinski definition) is 2. The molecule has 1 aliphatic rings. The Bertz CT molecular complexity index is 684. The van der Waals surface area contributed by atoms with Crippen LogP contribution in [0, 0.1) is 0 Å². The highest BCUT2D eigenvalue weighted by Crippen LogP contribution is 2.29. The van der Waals surface area contributed by atoms with Gasteiger partial charge in [-0.1, -0.05) is 29.8 Å². The maximum Gasteiger partial charge on any atom is 0.227 e. The standard InChI is InChI=1S/C17H17ClN2O/c18-14-8-9-15(19)13(10-14)11-20-16-6-2-1-4-12(16)5-3-7-17(20)21/h1-2,4,6,8-10H,3,5,7,11,19H2. The second-order valence-electron chi connectivity index (χ2n) is 5.31. The molecule has 2 aromatic carbocycles. The van der Waals surface area contributed by atoms with Crippen molar-refractivity contribution in [3.8, 4) is 0 Å². The minimum absolute atomic E-state index is 0.138. The molecular weight excluding hydrogens is 284 g/mol. The number of carbonyl (C=O) groups excluding carboxylic acids is 1. The number of nitrogens with zero attached hydrogens (tertiary/aromatic N) is 1. The van der Waals surface area contributed by atoms with Gasteiger partial charge in [0.2, 0.25) is 5.91 Å². The van der Waals surface area contributed by atoms with Crippen LogP contribution in [0.15, 0.2) is 42.5 Å². The molecule has 1 aliphatic heterocycles. The number of fused-ring (bicyclic) bond motifs is 1. The molecule has 1 heterocycles. The Hall–Kier alpha value is -2.00. The van der Waals surface area contributed by atoms with Gasteiger partial charge in [-0.25, -0.2) is 0 Å². The summed E-state index contributed by atoms with van der Waals surface area (Å²) in [5, 5.41) is 0.634. The predicted molar refractivity (Wildman–Crippen MR) is 86.4 cm³/mol. The summed E-state index contributed by atoms with van der Waals surface area (Å²) in [5.74, 6) is 0.138. The van der Waals surface area contributed by atoms with Crippen LogP contribution in [0.25, 0.3) is 0 Å². The zero-order valence-electron chi connectivity index (χ0n) is 11.7. The van der Waals surface area contributed by atoms with Crippen molar-refractivity contribution in [2.45, 2.75) is 25.8 Å². The first-order valence-corrected chi connectivity index (χ1v) is 7.45. The van der Waals surface area contributed by atoms with Crippen LogP contribution in [-0.2, 0) is 17.8 Å². The third kappa shape index (κ3) is 2.88. The zero-order chi connectivity index (χ0) is 14.8. The SMILES string of the molecule is Nc1ccc(Cl)cc1CN1C(=O)CCCc2ccccc21. The van der Waals surface area contributed by atoms with Crippen LogP contribution < -0.4 is 10.6 Å². The van der Waals surface area contributed by atoms with Crippen molar-refractivity contribution < 1.29 is 4.79 Å². The molecule has 21 heavy (non-hydrogen) atoms. The number of nitrogens with two attached hydrogens (primary N) is 1. The quantitative estimate of drug-likeness (QED) is 0.858. The van der Waals surface area contributed by atoms with E-state index in [1.807, 2.05) is 29.2 Å². The third-order valence-electron chi connectivity index (χ3n) is 3.85. The number of amides is 1. The molecule has 2 N–H and O–H groups in total. The van der Waals surface area contributed by atoms with Crippen LogP contribution in [0.3, 0.4) is 0 Å². The van der Waals surface area contributed by atoms with Crippen molar-refractivity contribution >= 4 is 28.9 Å². The van der Waals surface area contributed by atoms with Gasteiger partial charge in [-0.15, -0.1) is 0 Å². The van der Waals surface area contributed by atoms with Crippen molar-refractivity contribution in [3.63, 3.8) is 0 Å². The lowest BCUT2D eigenvalue weighted by Gasteiger charge is -2.24. The van der Waals surface area contributed by atoms with Crippen LogP contribution >= 0.6 is 11.6 Å². The molecule has 2 aromatic rings. The monoisotopic (exact) mass is 300 g/mol. The van der Waals surface area contributed by atoms with Crippen LogP contribution in [0.2, 0.25) is 5.02 Å². The van der Waals surface area contributed by atoms with Gasteiger partial charge < -0.3 is 10.6 Å². The Morgan fingerprint density at radius 1 is 1.14 bits per heavy atom. The van der Waals surface area contributed by atoms with Gasteiger partial charge >= 0.3 is 0 Å². The minimum Gasteiger partial charge on any atom is -0.398 e. The van der Waals surface area contributed by atoms with Gasteiger partial charge in [0.15, 0.2) is 0 Å². The number of aryl methyl sites for hydroxylation is 1. The molecule has 0 fully saturated rings. The molecule has 1 amide bonds. The van der Waals surface area contributed by atoms with E-state index in [0.29, 0.717) is 23.7 Å². The highest BCUT2D eigenvalue weighted by atomic mass is 35.5. The van der Waals surface area contributed by atoms with Crippen LogP contribution in [0.4, 0.5) is 11.4 Å². The van der Waals surface area contributed by atoms with Gasteiger partial charge in [-0.05, 0) is 48.2 Å². The van der Waals surface area contributed by atoms with E-state index in [0.717, 1.165) is 24.1 Å². The van der Waals surface area contributed by atoms with E-state index in [4.69, 9.17) is 17.3 Å². The molecule has 0 atom stereocenters. The topological polar surface area (TPSA) is 46.3 Å². The summed E-state index contributed by atoms with van der Waals surface area (Å²) < 4.78 is 0. The summed E-state index contributed by atoms with van der Waals surface area (Å²) in [6, 6.07) is 13.4. The summed E-state index contributed by atoms with van der Waals surface area (Å²) in [7, 11) is 0. The molecule has 4 heteroatoms. The molecule has 0 saturated carbocycles. The first-order valence-electron chi connectivity index (χ1n) is 7.07. The van der Waals surface area contributed by atoms with Crippen molar-refractivity contribution in [1.29, 1.82) is 0 Å². The van der Waals surface area contributed by atoms with E-state index in [1.54, 1.807) is 12.1 Å². The lowest BCUT2D eigenvalue weighted by Crippen LogP contribution is -2.29. The molecule has 3 nitrogen and oxygen atoms in total. The summed E-state index contributed by atoms with van der Waals surface area (Å²) in [5.41, 5.74) is 9.76. The maximum absolute atomic E-state index is 12.4. The highest BCUT2D eigenvalue weighted by Gasteiger charge is 2.22. The number of hydrogen-bond donors (Lipinski definition) is 1. The van der Waals surface area contributed by atoms with Crippen molar-refractivity contribution in [2.75, 3.05) is 10.6 Å². The van der Waals surface area contributed by atoms with Gasteiger partial charge in [-0.3, -0.25) is 4.79 Å². The van der Waals surface area contributed by atoms with E-state index in [2.05, 4.69) is 6.07 Å². The Morgan fingerprint density at radius 3 is 2.81 bits per heavy atom. The van der Waals surface area contributed by atoms with Crippen LogP contribution in [0.1, 0.15) is 24.0 Å². The number of nitrogen functional groups attached to an aromatic ring is 1. The summed E-state index contributed by atoms with van der Waals surface area (Å²) in [6.45, 7) is 0.461. The largest absolute Gasteiger partial charge is 0.398 e. The normalized spacial score (nSPS) is 14.7. The first-order chi connectivity index (χ1) is 10.1. The summed E-state index contributed by atoms with van der Waals surface area (Å²) >= 11 is 6.04. The van der Waals surface area contributed by atoms with E-state index in [-0.39, 0.29) is 5.91 Å².